The van der Waals surface area contributed by atoms with E-state index in [1.54, 1.807) is 0 Å². The van der Waals surface area contributed by atoms with Gasteiger partial charge < -0.3 is 10.9 Å². The SMILES string of the molecule is CSc1nc(N)c(C)c(/C(=N/O)c2ccccc2)n1. The van der Waals surface area contributed by atoms with Crippen molar-refractivity contribution in [1.29, 1.82) is 0 Å². The van der Waals surface area contributed by atoms with Crippen LogP contribution >= 0.6 is 11.8 Å². The number of hydrogen-bond donors (Lipinski definition) is 2. The predicted octanol–water partition coefficient (Wildman–Crippen LogP) is 2.32. The number of nitrogen functional groups attached to an aromatic ring is 1. The highest BCUT2D eigenvalue weighted by molar-refractivity contribution is 7.98. The molecule has 1 aromatic heterocycles. The van der Waals surface area contributed by atoms with E-state index in [4.69, 9.17) is 5.73 Å². The topological polar surface area (TPSA) is 84.4 Å². The quantitative estimate of drug-likeness (QED) is 0.295. The third-order valence-electron chi connectivity index (χ3n) is 2.72. The number of thioether (sulfide) groups is 1. The van der Waals surface area contributed by atoms with Gasteiger partial charge in [0.1, 0.15) is 17.2 Å². The third-order valence-corrected chi connectivity index (χ3v) is 3.26. The summed E-state index contributed by atoms with van der Waals surface area (Å²) in [5.74, 6) is 0.395. The van der Waals surface area contributed by atoms with Crippen LogP contribution in [0.15, 0.2) is 40.6 Å². The van der Waals surface area contributed by atoms with Crippen LogP contribution < -0.4 is 5.73 Å². The summed E-state index contributed by atoms with van der Waals surface area (Å²) in [4.78, 5) is 8.54. The molecule has 0 saturated heterocycles. The Hall–Kier alpha value is -2.08. The number of benzene rings is 1. The molecule has 2 rings (SSSR count). The molecule has 5 nitrogen and oxygen atoms in total. The number of anilines is 1. The van der Waals surface area contributed by atoms with Gasteiger partial charge in [-0.25, -0.2) is 9.97 Å². The number of nitrogens with zero attached hydrogens (tertiary/aromatic N) is 3. The van der Waals surface area contributed by atoms with Crippen molar-refractivity contribution in [2.75, 3.05) is 12.0 Å². The van der Waals surface area contributed by atoms with Gasteiger partial charge in [-0.3, -0.25) is 0 Å². The van der Waals surface area contributed by atoms with E-state index in [1.807, 2.05) is 43.5 Å². The fourth-order valence-corrected chi connectivity index (χ4v) is 2.04. The molecule has 98 valence electrons. The summed E-state index contributed by atoms with van der Waals surface area (Å²) < 4.78 is 0. The lowest BCUT2D eigenvalue weighted by Gasteiger charge is -2.10. The summed E-state index contributed by atoms with van der Waals surface area (Å²) >= 11 is 1.39. The number of hydrogen-bond acceptors (Lipinski definition) is 6. The molecule has 0 unspecified atom stereocenters. The highest BCUT2D eigenvalue weighted by Gasteiger charge is 2.16. The maximum atomic E-state index is 9.29. The Kier molecular flexibility index (Phi) is 4.01. The first-order valence-electron chi connectivity index (χ1n) is 5.63. The van der Waals surface area contributed by atoms with E-state index in [0.29, 0.717) is 27.9 Å². The normalized spacial score (nSPS) is 11.6. The molecule has 0 aliphatic rings. The number of oxime groups is 1. The Bertz CT molecular complexity index is 614. The molecule has 6 heteroatoms. The van der Waals surface area contributed by atoms with Crippen molar-refractivity contribution in [3.8, 4) is 0 Å². The fraction of sp³-hybridized carbons (Fsp3) is 0.154. The van der Waals surface area contributed by atoms with Crippen LogP contribution in [-0.4, -0.2) is 27.1 Å². The van der Waals surface area contributed by atoms with Crippen molar-refractivity contribution < 1.29 is 5.21 Å². The summed E-state index contributed by atoms with van der Waals surface area (Å²) in [5, 5.41) is 13.2. The fourth-order valence-electron chi connectivity index (χ4n) is 1.67. The maximum absolute atomic E-state index is 9.29. The van der Waals surface area contributed by atoms with E-state index >= 15 is 0 Å². The van der Waals surface area contributed by atoms with E-state index < -0.39 is 0 Å². The van der Waals surface area contributed by atoms with Crippen molar-refractivity contribution in [3.05, 3.63) is 47.2 Å². The van der Waals surface area contributed by atoms with Crippen molar-refractivity contribution in [1.82, 2.24) is 9.97 Å². The van der Waals surface area contributed by atoms with Gasteiger partial charge >= 0.3 is 0 Å². The smallest absolute Gasteiger partial charge is 0.189 e. The highest BCUT2D eigenvalue weighted by Crippen LogP contribution is 2.20. The predicted molar refractivity (Wildman–Crippen MR) is 76.8 cm³/mol. The zero-order valence-electron chi connectivity index (χ0n) is 10.7. The molecule has 0 atom stereocenters. The molecule has 0 aliphatic carbocycles. The molecule has 0 saturated carbocycles. The molecule has 1 heterocycles. The van der Waals surface area contributed by atoms with Crippen molar-refractivity contribution in [3.63, 3.8) is 0 Å². The second-order valence-electron chi connectivity index (χ2n) is 3.88. The van der Waals surface area contributed by atoms with Gasteiger partial charge in [0.05, 0.1) is 0 Å². The monoisotopic (exact) mass is 274 g/mol. The lowest BCUT2D eigenvalue weighted by atomic mass is 10.0. The number of nitrogens with two attached hydrogens (primary N) is 1. The molecule has 0 fully saturated rings. The molecule has 0 bridgehead atoms. The zero-order chi connectivity index (χ0) is 13.8. The van der Waals surface area contributed by atoms with Crippen LogP contribution in [0.3, 0.4) is 0 Å². The van der Waals surface area contributed by atoms with E-state index in [0.717, 1.165) is 5.56 Å². The maximum Gasteiger partial charge on any atom is 0.189 e. The Labute approximate surface area is 115 Å². The first kappa shape index (κ1) is 13.4. The minimum Gasteiger partial charge on any atom is -0.410 e. The summed E-state index contributed by atoms with van der Waals surface area (Å²) in [6.45, 7) is 1.81. The van der Waals surface area contributed by atoms with Gasteiger partial charge in [0.25, 0.3) is 0 Å². The molecule has 3 N–H and O–H groups in total. The number of aromatic nitrogens is 2. The van der Waals surface area contributed by atoms with Gasteiger partial charge in [-0.15, -0.1) is 0 Å². The lowest BCUT2D eigenvalue weighted by molar-refractivity contribution is 0.319. The molecular weight excluding hydrogens is 260 g/mol. The van der Waals surface area contributed by atoms with E-state index in [1.165, 1.54) is 11.8 Å². The van der Waals surface area contributed by atoms with Gasteiger partial charge in [0, 0.05) is 11.1 Å². The molecule has 1 aromatic carbocycles. The van der Waals surface area contributed by atoms with Crippen molar-refractivity contribution in [2.45, 2.75) is 12.1 Å². The van der Waals surface area contributed by atoms with Crippen molar-refractivity contribution >= 4 is 23.3 Å². The second-order valence-corrected chi connectivity index (χ2v) is 4.66. The van der Waals surface area contributed by atoms with Gasteiger partial charge in [-0.2, -0.15) is 0 Å². The van der Waals surface area contributed by atoms with Gasteiger partial charge in [0.15, 0.2) is 5.16 Å². The van der Waals surface area contributed by atoms with Crippen LogP contribution in [0.1, 0.15) is 16.8 Å². The summed E-state index contributed by atoms with van der Waals surface area (Å²) in [6.07, 6.45) is 1.87. The molecule has 0 radical (unpaired) electrons. The van der Waals surface area contributed by atoms with Crippen LogP contribution in [0.2, 0.25) is 0 Å². The van der Waals surface area contributed by atoms with Gasteiger partial charge in [-0.05, 0) is 13.2 Å². The lowest BCUT2D eigenvalue weighted by Crippen LogP contribution is -2.12. The van der Waals surface area contributed by atoms with E-state index in [9.17, 15) is 5.21 Å². The minimum absolute atomic E-state index is 0.391. The van der Waals surface area contributed by atoms with E-state index in [-0.39, 0.29) is 0 Å². The molecule has 0 spiro atoms. The van der Waals surface area contributed by atoms with Crippen LogP contribution in [0.25, 0.3) is 0 Å². The first-order valence-corrected chi connectivity index (χ1v) is 6.85. The average molecular weight is 274 g/mol. The largest absolute Gasteiger partial charge is 0.410 e. The Balaban J connectivity index is 2.60. The molecule has 2 aromatic rings. The van der Waals surface area contributed by atoms with Crippen LogP contribution in [-0.2, 0) is 0 Å². The Morgan fingerprint density at radius 1 is 1.26 bits per heavy atom. The Morgan fingerprint density at radius 2 is 1.95 bits per heavy atom. The zero-order valence-corrected chi connectivity index (χ0v) is 11.5. The highest BCUT2D eigenvalue weighted by atomic mass is 32.2. The van der Waals surface area contributed by atoms with Crippen LogP contribution in [0, 0.1) is 6.92 Å². The first-order chi connectivity index (χ1) is 9.17. The Morgan fingerprint density at radius 3 is 2.53 bits per heavy atom. The minimum atomic E-state index is 0.391. The van der Waals surface area contributed by atoms with Gasteiger partial charge in [0.2, 0.25) is 0 Å². The molecule has 19 heavy (non-hydrogen) atoms. The second kappa shape index (κ2) is 5.71. The number of rotatable bonds is 3. The standard InChI is InChI=1S/C13H14N4OS/c1-8-10(15-13(19-2)16-12(8)14)11(17-18)9-6-4-3-5-7-9/h3-7,18H,1-2H3,(H2,14,15,16)/b17-11+. The van der Waals surface area contributed by atoms with Gasteiger partial charge in [-0.1, -0.05) is 47.2 Å². The van der Waals surface area contributed by atoms with Crippen LogP contribution in [0.4, 0.5) is 5.82 Å². The van der Waals surface area contributed by atoms with E-state index in [2.05, 4.69) is 15.1 Å². The summed E-state index contributed by atoms with van der Waals surface area (Å²) in [6, 6.07) is 9.34. The summed E-state index contributed by atoms with van der Waals surface area (Å²) in [7, 11) is 0. The van der Waals surface area contributed by atoms with Crippen LogP contribution in [0.5, 0.6) is 0 Å². The van der Waals surface area contributed by atoms with Crippen molar-refractivity contribution in [2.24, 2.45) is 5.16 Å². The third kappa shape index (κ3) is 2.68. The average Bonchev–Trinajstić information content (AvgIpc) is 2.45. The molecule has 0 aliphatic heterocycles. The molecular formula is C13H14N4OS. The summed E-state index contributed by atoms with van der Waals surface area (Å²) in [5.41, 5.74) is 8.28. The molecule has 0 amide bonds.